The highest BCUT2D eigenvalue weighted by molar-refractivity contribution is 7.90. The molecule has 0 aliphatic heterocycles. The van der Waals surface area contributed by atoms with E-state index in [1.807, 2.05) is 0 Å². The van der Waals surface area contributed by atoms with Crippen LogP contribution in [0.3, 0.4) is 0 Å². The second-order valence-corrected chi connectivity index (χ2v) is 7.55. The molecule has 0 aliphatic rings. The van der Waals surface area contributed by atoms with Crippen LogP contribution in [0.5, 0.6) is 0 Å². The number of aromatic nitrogens is 2. The summed E-state index contributed by atoms with van der Waals surface area (Å²) in [6.07, 6.45) is 1.28. The van der Waals surface area contributed by atoms with Crippen molar-refractivity contribution in [3.63, 3.8) is 0 Å². The lowest BCUT2D eigenvalue weighted by Gasteiger charge is -2.15. The van der Waals surface area contributed by atoms with Crippen molar-refractivity contribution in [2.24, 2.45) is 0 Å². The molecule has 0 saturated carbocycles. The number of fused-ring (bicyclic) bond motifs is 1. The Balaban J connectivity index is 2.39. The number of halogens is 1. The Morgan fingerprint density at radius 2 is 1.88 bits per heavy atom. The summed E-state index contributed by atoms with van der Waals surface area (Å²) >= 11 is 0. The topological polar surface area (TPSA) is 80.2 Å². The zero-order valence-electron chi connectivity index (χ0n) is 13.1. The lowest BCUT2D eigenvalue weighted by Crippen LogP contribution is -2.05. The lowest BCUT2D eigenvalue weighted by atomic mass is 10.0. The standard InChI is InChI=1S/C17H15FN2O3S/c1-10(21)13-8-14-15(7-11(18)9-19-14)20-17(13)12-5-3-4-6-16(12)24(2,22)23/h3-10,21H,1-2H3. The third-order valence-electron chi connectivity index (χ3n) is 3.65. The Labute approximate surface area is 138 Å². The Bertz CT molecular complexity index is 1030. The van der Waals surface area contributed by atoms with Gasteiger partial charge < -0.3 is 5.11 Å². The number of rotatable bonds is 3. The van der Waals surface area contributed by atoms with Gasteiger partial charge in [-0.15, -0.1) is 0 Å². The summed E-state index contributed by atoms with van der Waals surface area (Å²) < 4.78 is 37.6. The largest absolute Gasteiger partial charge is 0.389 e. The molecule has 3 rings (SSSR count). The van der Waals surface area contributed by atoms with E-state index in [9.17, 15) is 17.9 Å². The molecular formula is C17H15FN2O3S. The van der Waals surface area contributed by atoms with Crippen molar-refractivity contribution in [1.29, 1.82) is 0 Å². The van der Waals surface area contributed by atoms with Gasteiger partial charge in [0.15, 0.2) is 9.84 Å². The minimum absolute atomic E-state index is 0.100. The fraction of sp³-hybridized carbons (Fsp3) is 0.176. The van der Waals surface area contributed by atoms with Crippen molar-refractivity contribution in [3.05, 3.63) is 54.0 Å². The molecule has 2 heterocycles. The van der Waals surface area contributed by atoms with Crippen LogP contribution in [0, 0.1) is 5.82 Å². The van der Waals surface area contributed by atoms with Gasteiger partial charge in [-0.1, -0.05) is 18.2 Å². The number of benzene rings is 1. The van der Waals surface area contributed by atoms with E-state index in [0.29, 0.717) is 22.3 Å². The number of aliphatic hydroxyl groups excluding tert-OH is 1. The second kappa shape index (κ2) is 5.92. The number of pyridine rings is 2. The molecule has 2 aromatic heterocycles. The highest BCUT2D eigenvalue weighted by Gasteiger charge is 2.20. The molecule has 0 saturated heterocycles. The van der Waals surface area contributed by atoms with E-state index in [0.717, 1.165) is 12.5 Å². The van der Waals surface area contributed by atoms with Gasteiger partial charge in [-0.05, 0) is 19.1 Å². The van der Waals surface area contributed by atoms with E-state index in [4.69, 9.17) is 0 Å². The average molecular weight is 346 g/mol. The normalized spacial score (nSPS) is 13.2. The summed E-state index contributed by atoms with van der Waals surface area (Å²) in [6.45, 7) is 1.55. The van der Waals surface area contributed by atoms with E-state index in [2.05, 4.69) is 9.97 Å². The highest BCUT2D eigenvalue weighted by Crippen LogP contribution is 2.33. The van der Waals surface area contributed by atoms with Crippen LogP contribution in [-0.4, -0.2) is 29.7 Å². The molecule has 0 spiro atoms. The van der Waals surface area contributed by atoms with Crippen LogP contribution < -0.4 is 0 Å². The summed E-state index contributed by atoms with van der Waals surface area (Å²) in [5, 5.41) is 10.1. The summed E-state index contributed by atoms with van der Waals surface area (Å²) in [5.74, 6) is -0.540. The quantitative estimate of drug-likeness (QED) is 0.789. The van der Waals surface area contributed by atoms with Gasteiger partial charge in [0.2, 0.25) is 0 Å². The lowest BCUT2D eigenvalue weighted by molar-refractivity contribution is 0.199. The minimum atomic E-state index is -3.50. The zero-order chi connectivity index (χ0) is 17.5. The van der Waals surface area contributed by atoms with Gasteiger partial charge in [-0.3, -0.25) is 4.98 Å². The molecule has 1 N–H and O–H groups in total. The van der Waals surface area contributed by atoms with Gasteiger partial charge in [-0.25, -0.2) is 17.8 Å². The molecule has 1 unspecified atom stereocenters. The first-order chi connectivity index (χ1) is 11.3. The number of hydrogen-bond donors (Lipinski definition) is 1. The highest BCUT2D eigenvalue weighted by atomic mass is 32.2. The zero-order valence-corrected chi connectivity index (χ0v) is 13.9. The van der Waals surface area contributed by atoms with Crippen molar-refractivity contribution < 1.29 is 17.9 Å². The Kier molecular flexibility index (Phi) is 4.06. The van der Waals surface area contributed by atoms with Crippen molar-refractivity contribution in [1.82, 2.24) is 9.97 Å². The van der Waals surface area contributed by atoms with Crippen molar-refractivity contribution >= 4 is 20.9 Å². The maximum absolute atomic E-state index is 13.5. The molecular weight excluding hydrogens is 331 g/mol. The van der Waals surface area contributed by atoms with Gasteiger partial charge in [0.05, 0.1) is 33.9 Å². The van der Waals surface area contributed by atoms with Crippen molar-refractivity contribution in [3.8, 4) is 11.3 Å². The molecule has 5 nitrogen and oxygen atoms in total. The SMILES string of the molecule is CC(O)c1cc2ncc(F)cc2nc1-c1ccccc1S(C)(=O)=O. The molecule has 0 bridgehead atoms. The van der Waals surface area contributed by atoms with E-state index in [-0.39, 0.29) is 10.4 Å². The fourth-order valence-electron chi connectivity index (χ4n) is 2.56. The maximum atomic E-state index is 13.5. The van der Waals surface area contributed by atoms with E-state index >= 15 is 0 Å². The molecule has 24 heavy (non-hydrogen) atoms. The molecule has 0 fully saturated rings. The number of sulfone groups is 1. The first-order valence-electron chi connectivity index (χ1n) is 7.21. The molecule has 1 aromatic carbocycles. The summed E-state index contributed by atoms with van der Waals surface area (Å²) in [6, 6.07) is 9.21. The third-order valence-corrected chi connectivity index (χ3v) is 4.81. The summed E-state index contributed by atoms with van der Waals surface area (Å²) in [5.41, 5.74) is 1.80. The van der Waals surface area contributed by atoms with Crippen LogP contribution >= 0.6 is 0 Å². The van der Waals surface area contributed by atoms with E-state index in [1.54, 1.807) is 31.2 Å². The summed E-state index contributed by atoms with van der Waals surface area (Å²) in [7, 11) is -3.50. The maximum Gasteiger partial charge on any atom is 0.176 e. The number of aliphatic hydroxyl groups is 1. The van der Waals surface area contributed by atoms with Gasteiger partial charge >= 0.3 is 0 Å². The van der Waals surface area contributed by atoms with Gasteiger partial charge in [0, 0.05) is 23.4 Å². The first-order valence-corrected chi connectivity index (χ1v) is 9.10. The fourth-order valence-corrected chi connectivity index (χ4v) is 3.45. The molecule has 1 atom stereocenters. The molecule has 0 amide bonds. The van der Waals surface area contributed by atoms with Gasteiger partial charge in [-0.2, -0.15) is 0 Å². The van der Waals surface area contributed by atoms with E-state index in [1.165, 1.54) is 12.1 Å². The average Bonchev–Trinajstić information content (AvgIpc) is 2.52. The molecule has 124 valence electrons. The molecule has 0 aliphatic carbocycles. The molecule has 3 aromatic rings. The minimum Gasteiger partial charge on any atom is -0.389 e. The number of nitrogens with zero attached hydrogens (tertiary/aromatic N) is 2. The predicted octanol–water partition coefficient (Wildman–Crippen LogP) is 2.89. The predicted molar refractivity (Wildman–Crippen MR) is 88.7 cm³/mol. The molecule has 7 heteroatoms. The van der Waals surface area contributed by atoms with Crippen LogP contribution in [0.4, 0.5) is 4.39 Å². The number of hydrogen-bond acceptors (Lipinski definition) is 5. The summed E-state index contributed by atoms with van der Waals surface area (Å²) in [4.78, 5) is 8.44. The van der Waals surface area contributed by atoms with Crippen molar-refractivity contribution in [2.45, 2.75) is 17.9 Å². The smallest absolute Gasteiger partial charge is 0.176 e. The second-order valence-electron chi connectivity index (χ2n) is 5.56. The van der Waals surface area contributed by atoms with Crippen LogP contribution in [0.2, 0.25) is 0 Å². The van der Waals surface area contributed by atoms with Crippen LogP contribution in [0.25, 0.3) is 22.3 Å². The van der Waals surface area contributed by atoms with Crippen LogP contribution in [-0.2, 0) is 9.84 Å². The van der Waals surface area contributed by atoms with Gasteiger partial charge in [0.25, 0.3) is 0 Å². The van der Waals surface area contributed by atoms with Crippen LogP contribution in [0.15, 0.2) is 47.5 Å². The monoisotopic (exact) mass is 346 g/mol. The third kappa shape index (κ3) is 3.00. The molecule has 0 radical (unpaired) electrons. The van der Waals surface area contributed by atoms with Crippen LogP contribution in [0.1, 0.15) is 18.6 Å². The Morgan fingerprint density at radius 1 is 1.17 bits per heavy atom. The first kappa shape index (κ1) is 16.5. The van der Waals surface area contributed by atoms with Crippen molar-refractivity contribution in [2.75, 3.05) is 6.26 Å². The van der Waals surface area contributed by atoms with Gasteiger partial charge in [0.1, 0.15) is 5.82 Å². The van der Waals surface area contributed by atoms with E-state index < -0.39 is 21.8 Å². The Morgan fingerprint density at radius 3 is 2.54 bits per heavy atom. The Hall–Kier alpha value is -2.38.